The summed E-state index contributed by atoms with van der Waals surface area (Å²) in [5, 5.41) is 2.29. The van der Waals surface area contributed by atoms with E-state index >= 15 is 0 Å². The van der Waals surface area contributed by atoms with E-state index in [4.69, 9.17) is 4.74 Å². The molecule has 2 amide bonds. The third-order valence-corrected chi connectivity index (χ3v) is 6.04. The topological polar surface area (TPSA) is 99.1 Å². The molecule has 1 atom stereocenters. The average Bonchev–Trinajstić information content (AvgIpc) is 3.05. The highest BCUT2D eigenvalue weighted by molar-refractivity contribution is 7.50. The van der Waals surface area contributed by atoms with E-state index < -0.39 is 61.6 Å². The number of hydrogen-bond donors (Lipinski definition) is 3. The van der Waals surface area contributed by atoms with Crippen molar-refractivity contribution in [3.8, 4) is 0 Å². The fourth-order valence-corrected chi connectivity index (χ4v) is 4.59. The second-order valence-corrected chi connectivity index (χ2v) is 8.71. The van der Waals surface area contributed by atoms with Gasteiger partial charge in [0.05, 0.1) is 24.3 Å². The summed E-state index contributed by atoms with van der Waals surface area (Å²) in [4.78, 5) is 31.6. The molecule has 1 saturated heterocycles. The van der Waals surface area contributed by atoms with Crippen LogP contribution in [0.5, 0.6) is 0 Å². The Kier molecular flexibility index (Phi) is 6.55. The van der Waals surface area contributed by atoms with Crippen LogP contribution in [0.3, 0.4) is 0 Å². The molecule has 0 spiro atoms. The minimum atomic E-state index is -5.18. The normalized spacial score (nSPS) is 19.6. The lowest BCUT2D eigenvalue weighted by atomic mass is 9.91. The lowest BCUT2D eigenvalue weighted by Crippen LogP contribution is -2.46. The van der Waals surface area contributed by atoms with Crippen molar-refractivity contribution in [1.29, 1.82) is 0 Å². The molecule has 1 aliphatic heterocycles. The number of halogens is 6. The maximum absolute atomic E-state index is 13.1. The fourth-order valence-electron chi connectivity index (χ4n) is 3.54. The van der Waals surface area contributed by atoms with Gasteiger partial charge in [-0.1, -0.05) is 30.3 Å². The van der Waals surface area contributed by atoms with Crippen LogP contribution >= 0.6 is 7.75 Å². The van der Waals surface area contributed by atoms with Crippen LogP contribution in [0.2, 0.25) is 0 Å². The van der Waals surface area contributed by atoms with Gasteiger partial charge in [0.2, 0.25) is 0 Å². The van der Waals surface area contributed by atoms with Gasteiger partial charge in [-0.05, 0) is 29.3 Å². The molecule has 0 aliphatic carbocycles. The van der Waals surface area contributed by atoms with Crippen LogP contribution in [0.25, 0.3) is 0 Å². The van der Waals surface area contributed by atoms with E-state index in [0.29, 0.717) is 12.1 Å². The Bertz CT molecular complexity index is 1040. The van der Waals surface area contributed by atoms with Gasteiger partial charge in [-0.25, -0.2) is 14.0 Å². The first-order valence-corrected chi connectivity index (χ1v) is 10.8. The SMILES string of the molecule is O=C1NCC(COCc2cc(C(F)(F)F)cc(C(F)(F)F)c2)(c2ccccc2)N1P(=O)(O)O. The molecule has 1 aliphatic rings. The van der Waals surface area contributed by atoms with E-state index in [9.17, 15) is 45.5 Å². The maximum atomic E-state index is 13.1. The Morgan fingerprint density at radius 1 is 1.00 bits per heavy atom. The number of nitrogens with one attached hydrogen (secondary N) is 1. The van der Waals surface area contributed by atoms with Crippen LogP contribution < -0.4 is 5.32 Å². The van der Waals surface area contributed by atoms with Crippen molar-refractivity contribution < 1.29 is 50.2 Å². The molecule has 33 heavy (non-hydrogen) atoms. The zero-order chi connectivity index (χ0) is 24.7. The van der Waals surface area contributed by atoms with Gasteiger partial charge in [-0.3, -0.25) is 0 Å². The predicted octanol–water partition coefficient (Wildman–Crippen LogP) is 4.25. The molecule has 0 aromatic heterocycles. The van der Waals surface area contributed by atoms with Gasteiger partial charge in [-0.2, -0.15) is 26.3 Å². The monoisotopic (exact) mass is 498 g/mol. The zero-order valence-corrected chi connectivity index (χ0v) is 17.4. The minimum Gasteiger partial charge on any atom is -0.374 e. The molecule has 2 aromatic carbocycles. The van der Waals surface area contributed by atoms with Crippen LogP contribution in [-0.2, 0) is 33.8 Å². The van der Waals surface area contributed by atoms with Crippen molar-refractivity contribution in [2.24, 2.45) is 0 Å². The largest absolute Gasteiger partial charge is 0.434 e. The molecule has 2 aromatic rings. The van der Waals surface area contributed by atoms with Crippen molar-refractivity contribution >= 4 is 13.8 Å². The number of alkyl halides is 6. The summed E-state index contributed by atoms with van der Waals surface area (Å²) in [5.74, 6) is 0. The third-order valence-electron chi connectivity index (χ3n) is 4.96. The average molecular weight is 498 g/mol. The van der Waals surface area contributed by atoms with Crippen molar-refractivity contribution in [3.05, 3.63) is 70.8 Å². The van der Waals surface area contributed by atoms with Gasteiger partial charge in [-0.15, -0.1) is 0 Å². The van der Waals surface area contributed by atoms with Gasteiger partial charge in [0.25, 0.3) is 0 Å². The molecule has 0 bridgehead atoms. The first-order valence-electron chi connectivity index (χ1n) is 9.20. The number of urea groups is 1. The summed E-state index contributed by atoms with van der Waals surface area (Å²) >= 11 is 0. The minimum absolute atomic E-state index is 0.0238. The summed E-state index contributed by atoms with van der Waals surface area (Å²) in [6, 6.07) is 7.42. The highest BCUT2D eigenvalue weighted by atomic mass is 31.2. The molecule has 3 N–H and O–H groups in total. The molecule has 1 unspecified atom stereocenters. The number of benzene rings is 2. The quantitative estimate of drug-likeness (QED) is 0.409. The number of ether oxygens (including phenoxy) is 1. The first kappa shape index (κ1) is 25.0. The van der Waals surface area contributed by atoms with Gasteiger partial charge >= 0.3 is 26.1 Å². The predicted molar refractivity (Wildman–Crippen MR) is 102 cm³/mol. The summed E-state index contributed by atoms with van der Waals surface area (Å²) < 4.78 is 96.0. The Morgan fingerprint density at radius 2 is 1.55 bits per heavy atom. The second kappa shape index (κ2) is 8.64. The summed E-state index contributed by atoms with van der Waals surface area (Å²) in [6.45, 7) is -1.69. The molecule has 7 nitrogen and oxygen atoms in total. The Balaban J connectivity index is 1.94. The number of carbonyl (C=O) groups excluding carboxylic acids is 1. The van der Waals surface area contributed by atoms with E-state index in [2.05, 4.69) is 5.32 Å². The number of nitrogens with zero attached hydrogens (tertiary/aromatic N) is 1. The molecule has 1 fully saturated rings. The number of rotatable bonds is 6. The molecular weight excluding hydrogens is 481 g/mol. The van der Waals surface area contributed by atoms with Crippen LogP contribution in [0.15, 0.2) is 48.5 Å². The summed E-state index contributed by atoms with van der Waals surface area (Å²) in [7, 11) is -5.18. The molecule has 0 radical (unpaired) electrons. The van der Waals surface area contributed by atoms with Gasteiger partial charge < -0.3 is 19.8 Å². The van der Waals surface area contributed by atoms with Crippen LogP contribution in [0.1, 0.15) is 22.3 Å². The zero-order valence-electron chi connectivity index (χ0n) is 16.5. The van der Waals surface area contributed by atoms with Crippen molar-refractivity contribution in [2.75, 3.05) is 13.2 Å². The van der Waals surface area contributed by atoms with E-state index in [1.165, 1.54) is 24.3 Å². The van der Waals surface area contributed by atoms with E-state index in [-0.39, 0.29) is 22.8 Å². The molecular formula is C19H17F6N2O5P. The molecule has 14 heteroatoms. The lowest BCUT2D eigenvalue weighted by molar-refractivity contribution is -0.143. The number of hydrogen-bond acceptors (Lipinski definition) is 3. The van der Waals surface area contributed by atoms with Gasteiger partial charge in [0.1, 0.15) is 5.54 Å². The Labute approximate surface area is 183 Å². The molecule has 180 valence electrons. The van der Waals surface area contributed by atoms with Crippen molar-refractivity contribution in [3.63, 3.8) is 0 Å². The fraction of sp³-hybridized carbons (Fsp3) is 0.316. The van der Waals surface area contributed by atoms with E-state index in [1.807, 2.05) is 0 Å². The highest BCUT2D eigenvalue weighted by Gasteiger charge is 2.54. The summed E-state index contributed by atoms with van der Waals surface area (Å²) in [5.41, 5.74) is -5.02. The van der Waals surface area contributed by atoms with Gasteiger partial charge in [0, 0.05) is 6.54 Å². The van der Waals surface area contributed by atoms with E-state index in [0.717, 1.165) is 0 Å². The summed E-state index contributed by atoms with van der Waals surface area (Å²) in [6.07, 6.45) is -10.1. The van der Waals surface area contributed by atoms with Crippen LogP contribution in [-0.4, -0.2) is 33.6 Å². The second-order valence-electron chi connectivity index (χ2n) is 7.29. The first-order chi connectivity index (χ1) is 15.1. The third kappa shape index (κ3) is 5.32. The lowest BCUT2D eigenvalue weighted by Gasteiger charge is -2.37. The Morgan fingerprint density at radius 3 is 2.03 bits per heavy atom. The van der Waals surface area contributed by atoms with Crippen molar-refractivity contribution in [2.45, 2.75) is 24.5 Å². The molecule has 1 heterocycles. The number of carbonyl (C=O) groups is 1. The molecule has 3 rings (SSSR count). The van der Waals surface area contributed by atoms with Crippen molar-refractivity contribution in [1.82, 2.24) is 9.99 Å². The maximum Gasteiger partial charge on any atom is 0.434 e. The van der Waals surface area contributed by atoms with E-state index in [1.54, 1.807) is 6.07 Å². The smallest absolute Gasteiger partial charge is 0.374 e. The number of amides is 2. The highest BCUT2D eigenvalue weighted by Crippen LogP contribution is 2.51. The van der Waals surface area contributed by atoms with Crippen LogP contribution in [0.4, 0.5) is 31.1 Å². The van der Waals surface area contributed by atoms with Crippen LogP contribution in [0, 0.1) is 0 Å². The standard InChI is InChI=1S/C19H17F6N2O5P/c20-18(21,22)14-6-12(7-15(8-14)19(23,24)25)9-32-11-17(13-4-2-1-3-5-13)10-26-16(28)27(17)33(29,30)31/h1-8H,9-11H2,(H,26,28)(H2,29,30,31). The van der Waals surface area contributed by atoms with Gasteiger partial charge in [0.15, 0.2) is 0 Å². The Hall–Kier alpha value is -2.60. The molecule has 0 saturated carbocycles.